The van der Waals surface area contributed by atoms with E-state index in [1.807, 2.05) is 32.3 Å². The highest BCUT2D eigenvalue weighted by atomic mass is 35.5. The maximum absolute atomic E-state index is 5.85. The number of hydrogen-bond donors (Lipinski definition) is 1. The summed E-state index contributed by atoms with van der Waals surface area (Å²) in [5, 5.41) is 7.59. The van der Waals surface area contributed by atoms with Crippen molar-refractivity contribution in [1.29, 1.82) is 0 Å². The van der Waals surface area contributed by atoms with E-state index >= 15 is 0 Å². The van der Waals surface area contributed by atoms with E-state index in [-0.39, 0.29) is 0 Å². The molecule has 0 aliphatic carbocycles. The summed E-state index contributed by atoms with van der Waals surface area (Å²) in [6.45, 7) is 2.79. The van der Waals surface area contributed by atoms with Gasteiger partial charge in [0.05, 0.1) is 15.7 Å². The van der Waals surface area contributed by atoms with Crippen LogP contribution < -0.4 is 5.32 Å². The first-order valence-corrected chi connectivity index (χ1v) is 5.83. The van der Waals surface area contributed by atoms with E-state index in [1.165, 1.54) is 4.88 Å². The Balaban J connectivity index is 2.01. The molecule has 0 bridgehead atoms. The molecule has 80 valence electrons. The molecule has 0 spiro atoms. The Labute approximate surface area is 97.7 Å². The monoisotopic (exact) mass is 241 g/mol. The van der Waals surface area contributed by atoms with Crippen LogP contribution in [0.4, 0.5) is 5.69 Å². The number of aromatic nitrogens is 2. The van der Waals surface area contributed by atoms with E-state index in [4.69, 9.17) is 11.6 Å². The van der Waals surface area contributed by atoms with E-state index < -0.39 is 0 Å². The predicted octanol–water partition coefficient (Wildman–Crippen LogP) is 3.06. The highest BCUT2D eigenvalue weighted by Gasteiger charge is 2.03. The van der Waals surface area contributed by atoms with E-state index in [9.17, 15) is 0 Å². The summed E-state index contributed by atoms with van der Waals surface area (Å²) < 4.78 is 2.63. The van der Waals surface area contributed by atoms with Gasteiger partial charge < -0.3 is 5.32 Å². The van der Waals surface area contributed by atoms with Gasteiger partial charge in [-0.15, -0.1) is 11.3 Å². The summed E-state index contributed by atoms with van der Waals surface area (Å²) in [4.78, 5) is 1.23. The molecule has 2 heterocycles. The lowest BCUT2D eigenvalue weighted by molar-refractivity contribution is 0.756. The highest BCUT2D eigenvalue weighted by molar-refractivity contribution is 7.16. The number of aryl methyl sites for hydroxylation is 2. The lowest BCUT2D eigenvalue weighted by atomic mass is 10.4. The zero-order valence-electron chi connectivity index (χ0n) is 8.62. The molecule has 2 aromatic rings. The fourth-order valence-electron chi connectivity index (χ4n) is 1.40. The third-order valence-electron chi connectivity index (χ3n) is 2.10. The van der Waals surface area contributed by atoms with Crippen LogP contribution in [-0.2, 0) is 13.6 Å². The van der Waals surface area contributed by atoms with Crippen molar-refractivity contribution < 1.29 is 0 Å². The number of hydrogen-bond acceptors (Lipinski definition) is 3. The van der Waals surface area contributed by atoms with Gasteiger partial charge in [0.15, 0.2) is 0 Å². The second kappa shape index (κ2) is 4.24. The summed E-state index contributed by atoms with van der Waals surface area (Å²) in [6.07, 6.45) is 1.98. The van der Waals surface area contributed by atoms with Gasteiger partial charge in [-0.3, -0.25) is 4.68 Å². The van der Waals surface area contributed by atoms with Crippen LogP contribution >= 0.6 is 22.9 Å². The molecule has 0 radical (unpaired) electrons. The van der Waals surface area contributed by atoms with Crippen molar-refractivity contribution in [2.45, 2.75) is 13.5 Å². The number of rotatable bonds is 3. The Morgan fingerprint density at radius 2 is 2.33 bits per heavy atom. The molecule has 2 aromatic heterocycles. The van der Waals surface area contributed by atoms with Gasteiger partial charge in [0.2, 0.25) is 0 Å². The predicted molar refractivity (Wildman–Crippen MR) is 64.6 cm³/mol. The summed E-state index contributed by atoms with van der Waals surface area (Å²) in [5.41, 5.74) is 2.09. The molecule has 0 unspecified atom stereocenters. The van der Waals surface area contributed by atoms with Gasteiger partial charge in [-0.1, -0.05) is 11.6 Å². The summed E-state index contributed by atoms with van der Waals surface area (Å²) in [5.74, 6) is 0. The highest BCUT2D eigenvalue weighted by Crippen LogP contribution is 2.22. The van der Waals surface area contributed by atoms with Crippen LogP contribution in [-0.4, -0.2) is 9.78 Å². The largest absolute Gasteiger partial charge is 0.377 e. The van der Waals surface area contributed by atoms with Gasteiger partial charge >= 0.3 is 0 Å². The minimum absolute atomic E-state index is 0.796. The van der Waals surface area contributed by atoms with Crippen LogP contribution in [0.1, 0.15) is 10.6 Å². The molecule has 2 rings (SSSR count). The molecule has 0 saturated heterocycles. The first-order chi connectivity index (χ1) is 7.15. The summed E-state index contributed by atoms with van der Waals surface area (Å²) >= 11 is 7.45. The third-order valence-corrected chi connectivity index (χ3v) is 3.33. The van der Waals surface area contributed by atoms with Gasteiger partial charge in [-0.25, -0.2) is 0 Å². The molecule has 0 aliphatic rings. The number of anilines is 1. The Bertz CT molecular complexity index is 461. The van der Waals surface area contributed by atoms with E-state index in [0.29, 0.717) is 0 Å². The summed E-state index contributed by atoms with van der Waals surface area (Å²) in [6, 6.07) is 3.95. The number of halogens is 1. The quantitative estimate of drug-likeness (QED) is 0.895. The zero-order valence-corrected chi connectivity index (χ0v) is 10.2. The molecule has 5 heteroatoms. The molecule has 1 N–H and O–H groups in total. The van der Waals surface area contributed by atoms with Gasteiger partial charge in [-0.05, 0) is 19.1 Å². The second-order valence-electron chi connectivity index (χ2n) is 3.36. The first-order valence-electron chi connectivity index (χ1n) is 4.63. The van der Waals surface area contributed by atoms with Gasteiger partial charge in [0.25, 0.3) is 0 Å². The Morgan fingerprint density at radius 1 is 1.53 bits per heavy atom. The van der Waals surface area contributed by atoms with Crippen LogP contribution in [0, 0.1) is 6.92 Å². The second-order valence-corrected chi connectivity index (χ2v) is 5.16. The molecule has 0 aromatic carbocycles. The Kier molecular flexibility index (Phi) is 2.98. The lowest BCUT2D eigenvalue weighted by Crippen LogP contribution is -1.97. The van der Waals surface area contributed by atoms with Crippen molar-refractivity contribution >= 4 is 28.6 Å². The number of nitrogens with zero attached hydrogens (tertiary/aromatic N) is 2. The van der Waals surface area contributed by atoms with E-state index in [0.717, 1.165) is 22.3 Å². The fourth-order valence-corrected chi connectivity index (χ4v) is 2.43. The van der Waals surface area contributed by atoms with Crippen LogP contribution in [0.5, 0.6) is 0 Å². The Hall–Kier alpha value is -1.000. The SMILES string of the molecule is Cc1nn(C)cc1NCc1ccc(Cl)s1. The molecule has 0 amide bonds. The standard InChI is InChI=1S/C10H12ClN3S/c1-7-9(6-14(2)13-7)12-5-8-3-4-10(11)15-8/h3-4,6,12H,5H2,1-2H3. The first kappa shape index (κ1) is 10.5. The van der Waals surface area contributed by atoms with Gasteiger partial charge in [-0.2, -0.15) is 5.10 Å². The normalized spacial score (nSPS) is 10.6. The van der Waals surface area contributed by atoms with Crippen molar-refractivity contribution in [3.8, 4) is 0 Å². The van der Waals surface area contributed by atoms with Crippen LogP contribution in [0.15, 0.2) is 18.3 Å². The smallest absolute Gasteiger partial charge is 0.0931 e. The molecule has 0 fully saturated rings. The molecule has 0 aliphatic heterocycles. The molecule has 0 saturated carbocycles. The van der Waals surface area contributed by atoms with Gasteiger partial charge in [0, 0.05) is 24.7 Å². The van der Waals surface area contributed by atoms with Crippen LogP contribution in [0.3, 0.4) is 0 Å². The number of nitrogens with one attached hydrogen (secondary N) is 1. The number of thiophene rings is 1. The van der Waals surface area contributed by atoms with Crippen molar-refractivity contribution in [3.05, 3.63) is 33.2 Å². The fraction of sp³-hybridized carbons (Fsp3) is 0.300. The molecular weight excluding hydrogens is 230 g/mol. The average Bonchev–Trinajstić information content (AvgIpc) is 2.70. The molecule has 0 atom stereocenters. The molecule has 3 nitrogen and oxygen atoms in total. The van der Waals surface area contributed by atoms with Crippen molar-refractivity contribution in [2.75, 3.05) is 5.32 Å². The van der Waals surface area contributed by atoms with Crippen molar-refractivity contribution in [1.82, 2.24) is 9.78 Å². The van der Waals surface area contributed by atoms with Gasteiger partial charge in [0.1, 0.15) is 0 Å². The van der Waals surface area contributed by atoms with Crippen molar-refractivity contribution in [3.63, 3.8) is 0 Å². The van der Waals surface area contributed by atoms with E-state index in [1.54, 1.807) is 16.0 Å². The molecular formula is C10H12ClN3S. The topological polar surface area (TPSA) is 29.9 Å². The van der Waals surface area contributed by atoms with Crippen LogP contribution in [0.2, 0.25) is 4.34 Å². The minimum Gasteiger partial charge on any atom is -0.377 e. The van der Waals surface area contributed by atoms with Crippen LogP contribution in [0.25, 0.3) is 0 Å². The summed E-state index contributed by atoms with van der Waals surface area (Å²) in [7, 11) is 1.92. The maximum atomic E-state index is 5.85. The average molecular weight is 242 g/mol. The Morgan fingerprint density at radius 3 is 2.87 bits per heavy atom. The third kappa shape index (κ3) is 2.52. The minimum atomic E-state index is 0.796. The van der Waals surface area contributed by atoms with Crippen molar-refractivity contribution in [2.24, 2.45) is 7.05 Å². The lowest BCUT2D eigenvalue weighted by Gasteiger charge is -2.01. The zero-order chi connectivity index (χ0) is 10.8. The molecule has 15 heavy (non-hydrogen) atoms. The van der Waals surface area contributed by atoms with E-state index in [2.05, 4.69) is 10.4 Å². The maximum Gasteiger partial charge on any atom is 0.0931 e.